The van der Waals surface area contributed by atoms with E-state index >= 15 is 0 Å². The summed E-state index contributed by atoms with van der Waals surface area (Å²) in [7, 11) is -1.76. The summed E-state index contributed by atoms with van der Waals surface area (Å²) in [6.45, 7) is 5.00. The van der Waals surface area contributed by atoms with Gasteiger partial charge in [-0.05, 0) is 134 Å². The molecule has 0 atom stereocenters. The zero-order valence-electron chi connectivity index (χ0n) is 30.2. The number of para-hydroxylation sites is 1. The molecular weight excluding hydrogens is 667 g/mol. The molecule has 54 heavy (non-hydrogen) atoms. The fourth-order valence-corrected chi connectivity index (χ4v) is 13.0. The van der Waals surface area contributed by atoms with Gasteiger partial charge >= 0.3 is 0 Å². The van der Waals surface area contributed by atoms with Gasteiger partial charge in [0.25, 0.3) is 0 Å². The third kappa shape index (κ3) is 4.09. The molecule has 11 aromatic carbocycles. The van der Waals surface area contributed by atoms with E-state index in [9.17, 15) is 0 Å². The average Bonchev–Trinajstić information content (AvgIpc) is 3.45. The van der Waals surface area contributed by atoms with Crippen LogP contribution in [0.1, 0.15) is 0 Å². The van der Waals surface area contributed by atoms with Crippen LogP contribution in [0.4, 0.5) is 17.1 Å². The number of hydrogen-bond donors (Lipinski definition) is 0. The number of fused-ring (bicyclic) bond motifs is 3. The maximum Gasteiger partial charge on any atom is 0.113 e. The van der Waals surface area contributed by atoms with Gasteiger partial charge < -0.3 is 4.90 Å². The molecule has 0 spiro atoms. The molecule has 0 saturated carbocycles. The van der Waals surface area contributed by atoms with Gasteiger partial charge in [0.1, 0.15) is 8.07 Å². The number of anilines is 3. The van der Waals surface area contributed by atoms with Crippen LogP contribution in [0, 0.1) is 0 Å². The van der Waals surface area contributed by atoms with Gasteiger partial charge in [-0.2, -0.15) is 0 Å². The molecule has 0 N–H and O–H groups in total. The van der Waals surface area contributed by atoms with Crippen LogP contribution >= 0.6 is 0 Å². The molecule has 0 aliphatic carbocycles. The van der Waals surface area contributed by atoms with Crippen molar-refractivity contribution in [3.05, 3.63) is 176 Å². The van der Waals surface area contributed by atoms with E-state index in [1.54, 1.807) is 10.4 Å². The Morgan fingerprint density at radius 3 is 1.63 bits per heavy atom. The minimum atomic E-state index is -1.76. The highest BCUT2D eigenvalue weighted by Crippen LogP contribution is 2.46. The van der Waals surface area contributed by atoms with Crippen LogP contribution in [-0.4, -0.2) is 8.07 Å². The van der Waals surface area contributed by atoms with Crippen LogP contribution in [0.15, 0.2) is 176 Å². The zero-order chi connectivity index (χ0) is 35.7. The van der Waals surface area contributed by atoms with Crippen molar-refractivity contribution >= 4 is 100 Å². The van der Waals surface area contributed by atoms with Gasteiger partial charge in [-0.15, -0.1) is 0 Å². The lowest BCUT2D eigenvalue weighted by atomic mass is 9.90. The lowest BCUT2D eigenvalue weighted by molar-refractivity contribution is 1.31. The van der Waals surface area contributed by atoms with Crippen LogP contribution in [0.2, 0.25) is 13.1 Å². The summed E-state index contributed by atoms with van der Waals surface area (Å²) in [5, 5.41) is 18.7. The van der Waals surface area contributed by atoms with Crippen molar-refractivity contribution in [1.29, 1.82) is 0 Å². The Hall–Kier alpha value is -6.48. The minimum Gasteiger partial charge on any atom is -0.310 e. The van der Waals surface area contributed by atoms with Crippen molar-refractivity contribution in [3.63, 3.8) is 0 Å². The molecule has 1 nitrogen and oxygen atoms in total. The molecule has 252 valence electrons. The fraction of sp³-hybridized carbons (Fsp3) is 0.0385. The van der Waals surface area contributed by atoms with Gasteiger partial charge in [0.15, 0.2) is 0 Å². The Balaban J connectivity index is 1.03. The molecule has 1 aliphatic rings. The smallest absolute Gasteiger partial charge is 0.113 e. The van der Waals surface area contributed by atoms with Gasteiger partial charge in [-0.25, -0.2) is 0 Å². The molecular formula is C52H35NSi. The van der Waals surface area contributed by atoms with E-state index in [2.05, 4.69) is 194 Å². The predicted molar refractivity (Wildman–Crippen MR) is 236 cm³/mol. The molecule has 1 aliphatic heterocycles. The topological polar surface area (TPSA) is 3.24 Å². The largest absolute Gasteiger partial charge is 0.310 e. The summed E-state index contributed by atoms with van der Waals surface area (Å²) in [4.78, 5) is 2.45. The van der Waals surface area contributed by atoms with Crippen molar-refractivity contribution in [2.24, 2.45) is 0 Å². The molecule has 11 aromatic rings. The number of benzene rings is 11. The highest BCUT2D eigenvalue weighted by molar-refractivity contribution is 7.03. The van der Waals surface area contributed by atoms with Gasteiger partial charge in [0.05, 0.1) is 5.69 Å². The number of nitrogens with zero attached hydrogens (tertiary/aromatic N) is 1. The van der Waals surface area contributed by atoms with Gasteiger partial charge in [-0.1, -0.05) is 147 Å². The molecule has 2 heteroatoms. The fourth-order valence-electron chi connectivity index (χ4n) is 9.92. The normalized spacial score (nSPS) is 13.5. The van der Waals surface area contributed by atoms with Crippen LogP contribution < -0.4 is 15.3 Å². The van der Waals surface area contributed by atoms with Gasteiger partial charge in [0, 0.05) is 16.8 Å². The van der Waals surface area contributed by atoms with E-state index in [0.29, 0.717) is 0 Å². The van der Waals surface area contributed by atoms with Crippen LogP contribution in [0.3, 0.4) is 0 Å². The summed E-state index contributed by atoms with van der Waals surface area (Å²) in [5.74, 6) is 0. The first-order valence-corrected chi connectivity index (χ1v) is 22.0. The van der Waals surface area contributed by atoms with Crippen molar-refractivity contribution in [1.82, 2.24) is 0 Å². The first-order valence-electron chi connectivity index (χ1n) is 19.0. The van der Waals surface area contributed by atoms with Gasteiger partial charge in [-0.3, -0.25) is 0 Å². The molecule has 0 aromatic heterocycles. The Kier molecular flexibility index (Phi) is 6.00. The van der Waals surface area contributed by atoms with E-state index in [4.69, 9.17) is 0 Å². The SMILES string of the molecule is C[Si]1(C)c2ccccc2-c2ccc(-c3cc4ccc5cc(N(c6ccccc6)c6ccc7ccc8cccc9ccc6c7c89)cc6ccc(c3)c4c56)cc21. The second-order valence-electron chi connectivity index (χ2n) is 15.7. The van der Waals surface area contributed by atoms with Crippen molar-refractivity contribution in [3.8, 4) is 22.3 Å². The van der Waals surface area contributed by atoms with E-state index in [-0.39, 0.29) is 0 Å². The van der Waals surface area contributed by atoms with E-state index in [1.807, 2.05) is 0 Å². The Morgan fingerprint density at radius 2 is 0.907 bits per heavy atom. The third-order valence-corrected chi connectivity index (χ3v) is 16.0. The Bertz CT molecular complexity index is 3220. The Morgan fingerprint density at radius 1 is 0.352 bits per heavy atom. The Labute approximate surface area is 315 Å². The number of hydrogen-bond acceptors (Lipinski definition) is 1. The summed E-state index contributed by atoms with van der Waals surface area (Å²) < 4.78 is 0. The van der Waals surface area contributed by atoms with E-state index in [0.717, 1.165) is 11.4 Å². The van der Waals surface area contributed by atoms with Crippen LogP contribution in [0.5, 0.6) is 0 Å². The number of rotatable bonds is 4. The molecule has 0 bridgehead atoms. The molecule has 0 unspecified atom stereocenters. The van der Waals surface area contributed by atoms with Crippen LogP contribution in [0.25, 0.3) is 86.9 Å². The molecule has 0 radical (unpaired) electrons. The van der Waals surface area contributed by atoms with Gasteiger partial charge in [0.2, 0.25) is 0 Å². The van der Waals surface area contributed by atoms with E-state index in [1.165, 1.54) is 92.6 Å². The standard InChI is InChI=1S/C52H35NSi/c1-54(2)47-14-7-6-13-43(47)44-24-22-35(31-48(44)54)40-27-36-17-19-38-29-42(30-39-20-18-37(28-40)50(36)51(38)39)53(41-11-4-3-5-12-41)46-26-23-34-16-15-32-9-8-10-33-21-25-45(46)52(34)49(32)33/h3-31H,1-2H3. The van der Waals surface area contributed by atoms with Crippen LogP contribution in [-0.2, 0) is 0 Å². The summed E-state index contributed by atoms with van der Waals surface area (Å²) in [6.07, 6.45) is 0. The summed E-state index contributed by atoms with van der Waals surface area (Å²) in [5.41, 5.74) is 8.94. The lowest BCUT2D eigenvalue weighted by Gasteiger charge is -2.28. The van der Waals surface area contributed by atoms with Crippen molar-refractivity contribution in [2.45, 2.75) is 13.1 Å². The summed E-state index contributed by atoms with van der Waals surface area (Å²) in [6, 6.07) is 66.4. The molecule has 0 amide bonds. The molecule has 1 heterocycles. The maximum atomic E-state index is 2.50. The average molecular weight is 702 g/mol. The minimum absolute atomic E-state index is 1.15. The molecule has 12 rings (SSSR count). The highest BCUT2D eigenvalue weighted by Gasteiger charge is 2.37. The lowest BCUT2D eigenvalue weighted by Crippen LogP contribution is -2.49. The first-order chi connectivity index (χ1) is 26.5. The monoisotopic (exact) mass is 701 g/mol. The first kappa shape index (κ1) is 30.0. The maximum absolute atomic E-state index is 2.50. The second-order valence-corrected chi connectivity index (χ2v) is 20.1. The highest BCUT2D eigenvalue weighted by atomic mass is 28.3. The third-order valence-electron chi connectivity index (χ3n) is 12.5. The second kappa shape index (κ2) is 10.8. The zero-order valence-corrected chi connectivity index (χ0v) is 31.2. The van der Waals surface area contributed by atoms with Crippen molar-refractivity contribution in [2.75, 3.05) is 4.90 Å². The molecule has 0 saturated heterocycles. The summed E-state index contributed by atoms with van der Waals surface area (Å²) >= 11 is 0. The predicted octanol–water partition coefficient (Wildman–Crippen LogP) is 13.4. The van der Waals surface area contributed by atoms with E-state index < -0.39 is 8.07 Å². The quantitative estimate of drug-likeness (QED) is 0.130. The molecule has 0 fully saturated rings. The van der Waals surface area contributed by atoms with Crippen molar-refractivity contribution < 1.29 is 0 Å².